The van der Waals surface area contributed by atoms with Crippen LogP contribution in [0.25, 0.3) is 0 Å². The summed E-state index contributed by atoms with van der Waals surface area (Å²) in [5.41, 5.74) is 3.59. The van der Waals surface area contributed by atoms with Crippen LogP contribution in [0.1, 0.15) is 22.3 Å². The van der Waals surface area contributed by atoms with Crippen molar-refractivity contribution in [1.82, 2.24) is 0 Å². The van der Waals surface area contributed by atoms with E-state index >= 15 is 0 Å². The zero-order valence-corrected chi connectivity index (χ0v) is 12.4. The second-order valence-corrected chi connectivity index (χ2v) is 5.44. The molecule has 0 radical (unpaired) electrons. The molecular weight excluding hydrogens is 264 g/mol. The number of ether oxygens (including phenoxy) is 2. The Kier molecular flexibility index (Phi) is 3.30. The minimum atomic E-state index is -0.716. The molecule has 3 heteroatoms. The number of esters is 1. The van der Waals surface area contributed by atoms with Crippen molar-refractivity contribution in [3.8, 4) is 0 Å². The molecule has 1 aliphatic heterocycles. The Morgan fingerprint density at radius 1 is 1.14 bits per heavy atom. The van der Waals surface area contributed by atoms with Crippen LogP contribution in [0.4, 0.5) is 0 Å². The molecule has 2 atom stereocenters. The van der Waals surface area contributed by atoms with Gasteiger partial charge in [-0.15, -0.1) is 0 Å². The van der Waals surface area contributed by atoms with Gasteiger partial charge >= 0.3 is 5.97 Å². The van der Waals surface area contributed by atoms with Crippen molar-refractivity contribution in [1.29, 1.82) is 0 Å². The quantitative estimate of drug-likeness (QED) is 0.641. The van der Waals surface area contributed by atoms with E-state index in [1.165, 1.54) is 12.7 Å². The summed E-state index contributed by atoms with van der Waals surface area (Å²) in [5.74, 6) is -0.334. The first kappa shape index (κ1) is 13.8. The number of carbonyl (C=O) groups is 1. The molecule has 2 aromatic rings. The van der Waals surface area contributed by atoms with Gasteiger partial charge in [-0.05, 0) is 30.5 Å². The molecule has 0 amide bonds. The monoisotopic (exact) mass is 282 g/mol. The molecule has 3 rings (SSSR count). The number of hydrogen-bond donors (Lipinski definition) is 0. The molecule has 1 aliphatic rings. The average Bonchev–Trinajstić information content (AvgIpc) is 3.24. The predicted molar refractivity (Wildman–Crippen MR) is 80.0 cm³/mol. The molecule has 108 valence electrons. The molecule has 1 saturated heterocycles. The maximum Gasteiger partial charge on any atom is 0.338 e. The highest BCUT2D eigenvalue weighted by Crippen LogP contribution is 2.53. The second kappa shape index (κ2) is 5.01. The van der Waals surface area contributed by atoms with Gasteiger partial charge in [-0.2, -0.15) is 0 Å². The Morgan fingerprint density at radius 3 is 2.48 bits per heavy atom. The summed E-state index contributed by atoms with van der Waals surface area (Å²) in [4.78, 5) is 12.0. The highest BCUT2D eigenvalue weighted by atomic mass is 16.7. The number of rotatable bonds is 3. The molecule has 0 aliphatic carbocycles. The zero-order chi connectivity index (χ0) is 15.0. The standard InChI is InChI=1S/C18H18O3/c1-12-9-10-15(13(2)11-12)18(14-7-5-4-6-8-14)16(21-18)17(19)20-3/h4-11,16H,1-3H3/t16-,18+/m1/s1. The summed E-state index contributed by atoms with van der Waals surface area (Å²) in [6, 6.07) is 16.0. The van der Waals surface area contributed by atoms with E-state index < -0.39 is 11.7 Å². The number of hydrogen-bond acceptors (Lipinski definition) is 3. The molecule has 3 nitrogen and oxygen atoms in total. The maximum absolute atomic E-state index is 12.0. The third-order valence-corrected chi connectivity index (χ3v) is 4.02. The van der Waals surface area contributed by atoms with Gasteiger partial charge in [-0.25, -0.2) is 4.79 Å². The molecular formula is C18H18O3. The van der Waals surface area contributed by atoms with Crippen molar-refractivity contribution in [2.45, 2.75) is 25.6 Å². The van der Waals surface area contributed by atoms with Crippen molar-refractivity contribution >= 4 is 5.97 Å². The van der Waals surface area contributed by atoms with Crippen LogP contribution in [0.3, 0.4) is 0 Å². The fourth-order valence-corrected chi connectivity index (χ4v) is 2.97. The first-order valence-corrected chi connectivity index (χ1v) is 6.98. The summed E-state index contributed by atoms with van der Waals surface area (Å²) in [7, 11) is 1.39. The molecule has 0 bridgehead atoms. The third kappa shape index (κ3) is 2.14. The largest absolute Gasteiger partial charge is 0.467 e. The van der Waals surface area contributed by atoms with Gasteiger partial charge in [0.1, 0.15) is 0 Å². The van der Waals surface area contributed by atoms with Gasteiger partial charge in [0.05, 0.1) is 7.11 Å². The van der Waals surface area contributed by atoms with E-state index in [4.69, 9.17) is 9.47 Å². The van der Waals surface area contributed by atoms with E-state index in [1.54, 1.807) is 0 Å². The van der Waals surface area contributed by atoms with Crippen molar-refractivity contribution in [3.63, 3.8) is 0 Å². The first-order valence-electron chi connectivity index (χ1n) is 6.98. The lowest BCUT2D eigenvalue weighted by molar-refractivity contribution is -0.142. The fraction of sp³-hybridized carbons (Fsp3) is 0.278. The number of benzene rings is 2. The Labute approximate surface area is 124 Å². The van der Waals surface area contributed by atoms with Gasteiger partial charge in [0.15, 0.2) is 11.7 Å². The van der Waals surface area contributed by atoms with Crippen molar-refractivity contribution in [2.24, 2.45) is 0 Å². The topological polar surface area (TPSA) is 38.8 Å². The van der Waals surface area contributed by atoms with Crippen molar-refractivity contribution in [3.05, 3.63) is 70.8 Å². The number of aryl methyl sites for hydroxylation is 2. The SMILES string of the molecule is COC(=O)[C@H]1O[C@@]1(c1ccccc1)c1ccc(C)cc1C. The van der Waals surface area contributed by atoms with Gasteiger partial charge in [0.25, 0.3) is 0 Å². The van der Waals surface area contributed by atoms with Crippen LogP contribution >= 0.6 is 0 Å². The smallest absolute Gasteiger partial charge is 0.338 e. The second-order valence-electron chi connectivity index (χ2n) is 5.44. The number of methoxy groups -OCH3 is 1. The fourth-order valence-electron chi connectivity index (χ4n) is 2.97. The summed E-state index contributed by atoms with van der Waals surface area (Å²) in [5, 5.41) is 0. The van der Waals surface area contributed by atoms with E-state index in [1.807, 2.05) is 49.4 Å². The highest BCUT2D eigenvalue weighted by Gasteiger charge is 2.64. The van der Waals surface area contributed by atoms with E-state index in [0.29, 0.717) is 0 Å². The lowest BCUT2D eigenvalue weighted by Crippen LogP contribution is -2.22. The van der Waals surface area contributed by atoms with Crippen LogP contribution in [0.2, 0.25) is 0 Å². The van der Waals surface area contributed by atoms with Crippen LogP contribution < -0.4 is 0 Å². The molecule has 21 heavy (non-hydrogen) atoms. The van der Waals surface area contributed by atoms with Gasteiger partial charge in [-0.1, -0.05) is 54.1 Å². The Balaban J connectivity index is 2.13. The zero-order valence-electron chi connectivity index (χ0n) is 12.4. The summed E-state index contributed by atoms with van der Waals surface area (Å²) < 4.78 is 10.7. The minimum absolute atomic E-state index is 0.334. The minimum Gasteiger partial charge on any atom is -0.467 e. The lowest BCUT2D eigenvalue weighted by atomic mass is 9.85. The molecule has 1 fully saturated rings. The van der Waals surface area contributed by atoms with E-state index in [-0.39, 0.29) is 5.97 Å². The maximum atomic E-state index is 12.0. The van der Waals surface area contributed by atoms with Crippen molar-refractivity contribution < 1.29 is 14.3 Å². The summed E-state index contributed by atoms with van der Waals surface area (Å²) in [6.45, 7) is 4.10. The third-order valence-electron chi connectivity index (χ3n) is 4.02. The summed E-state index contributed by atoms with van der Waals surface area (Å²) >= 11 is 0. The van der Waals surface area contributed by atoms with Gasteiger partial charge in [0, 0.05) is 0 Å². The Bertz CT molecular complexity index is 678. The van der Waals surface area contributed by atoms with E-state index in [9.17, 15) is 4.79 Å². The van der Waals surface area contributed by atoms with E-state index in [0.717, 1.165) is 16.7 Å². The van der Waals surface area contributed by atoms with Crippen LogP contribution in [0, 0.1) is 13.8 Å². The number of epoxide rings is 1. The molecule has 0 spiro atoms. The Morgan fingerprint density at radius 2 is 1.86 bits per heavy atom. The molecule has 0 aromatic heterocycles. The number of carbonyl (C=O) groups excluding carboxylic acids is 1. The normalized spacial score (nSPS) is 23.7. The molecule has 1 heterocycles. The van der Waals surface area contributed by atoms with Crippen LogP contribution in [-0.4, -0.2) is 19.2 Å². The lowest BCUT2D eigenvalue weighted by Gasteiger charge is -2.17. The molecule has 0 N–H and O–H groups in total. The Hall–Kier alpha value is -2.13. The van der Waals surface area contributed by atoms with Crippen LogP contribution in [0.5, 0.6) is 0 Å². The van der Waals surface area contributed by atoms with Gasteiger partial charge in [0.2, 0.25) is 0 Å². The first-order chi connectivity index (χ1) is 10.1. The van der Waals surface area contributed by atoms with Gasteiger partial charge in [-0.3, -0.25) is 0 Å². The molecule has 0 unspecified atom stereocenters. The summed E-state index contributed by atoms with van der Waals surface area (Å²) in [6.07, 6.45) is -0.577. The average molecular weight is 282 g/mol. The molecule has 2 aromatic carbocycles. The highest BCUT2D eigenvalue weighted by molar-refractivity contribution is 5.81. The van der Waals surface area contributed by atoms with Crippen LogP contribution in [0.15, 0.2) is 48.5 Å². The predicted octanol–water partition coefficient (Wildman–Crippen LogP) is 3.12. The van der Waals surface area contributed by atoms with Gasteiger partial charge < -0.3 is 9.47 Å². The van der Waals surface area contributed by atoms with Crippen LogP contribution in [-0.2, 0) is 19.9 Å². The molecule has 0 saturated carbocycles. The van der Waals surface area contributed by atoms with Crippen molar-refractivity contribution in [2.75, 3.05) is 7.11 Å². The van der Waals surface area contributed by atoms with E-state index in [2.05, 4.69) is 13.0 Å².